The summed E-state index contributed by atoms with van der Waals surface area (Å²) in [5.74, 6) is 0.270. The van der Waals surface area contributed by atoms with Gasteiger partial charge in [0.2, 0.25) is 0 Å². The lowest BCUT2D eigenvalue weighted by atomic mass is 10.1. The SMILES string of the molecule is NC(=O)N(O)CCO/N=C/C1CC1c1cccc(F)c1. The molecule has 1 aromatic carbocycles. The highest BCUT2D eigenvalue weighted by Crippen LogP contribution is 2.46. The predicted molar refractivity (Wildman–Crippen MR) is 69.8 cm³/mol. The van der Waals surface area contributed by atoms with E-state index in [4.69, 9.17) is 15.8 Å². The van der Waals surface area contributed by atoms with E-state index in [1.165, 1.54) is 12.1 Å². The molecule has 1 aliphatic carbocycles. The van der Waals surface area contributed by atoms with E-state index in [-0.39, 0.29) is 30.8 Å². The van der Waals surface area contributed by atoms with Crippen molar-refractivity contribution in [2.24, 2.45) is 16.8 Å². The third kappa shape index (κ3) is 3.92. The van der Waals surface area contributed by atoms with Gasteiger partial charge in [-0.25, -0.2) is 14.2 Å². The first kappa shape index (κ1) is 14.3. The van der Waals surface area contributed by atoms with Crippen LogP contribution >= 0.6 is 0 Å². The summed E-state index contributed by atoms with van der Waals surface area (Å²) < 4.78 is 13.1. The number of carbonyl (C=O) groups excluding carboxylic acids is 1. The molecule has 2 rings (SSSR count). The molecule has 1 aromatic rings. The Labute approximate surface area is 115 Å². The van der Waals surface area contributed by atoms with E-state index in [0.717, 1.165) is 12.0 Å². The zero-order valence-electron chi connectivity index (χ0n) is 10.8. The van der Waals surface area contributed by atoms with Crippen LogP contribution in [0.2, 0.25) is 0 Å². The van der Waals surface area contributed by atoms with Crippen LogP contribution in [0.25, 0.3) is 0 Å². The number of nitrogens with zero attached hydrogens (tertiary/aromatic N) is 2. The molecular formula is C13H16FN3O3. The highest BCUT2D eigenvalue weighted by molar-refractivity contribution is 5.70. The topological polar surface area (TPSA) is 88.2 Å². The summed E-state index contributed by atoms with van der Waals surface area (Å²) in [5.41, 5.74) is 5.77. The minimum Gasteiger partial charge on any atom is -0.394 e. The number of benzene rings is 1. The van der Waals surface area contributed by atoms with Gasteiger partial charge >= 0.3 is 6.03 Å². The number of oxime groups is 1. The molecule has 2 unspecified atom stereocenters. The molecule has 0 heterocycles. The molecule has 2 amide bonds. The van der Waals surface area contributed by atoms with Gasteiger partial charge in [-0.15, -0.1) is 0 Å². The van der Waals surface area contributed by atoms with Crippen molar-refractivity contribution in [1.82, 2.24) is 5.06 Å². The molecule has 0 spiro atoms. The number of hydrogen-bond acceptors (Lipinski definition) is 4. The van der Waals surface area contributed by atoms with Crippen molar-refractivity contribution in [1.29, 1.82) is 0 Å². The van der Waals surface area contributed by atoms with Crippen LogP contribution in [0.3, 0.4) is 0 Å². The summed E-state index contributed by atoms with van der Waals surface area (Å²) in [6.07, 6.45) is 2.56. The van der Waals surface area contributed by atoms with Gasteiger partial charge in [0.15, 0.2) is 0 Å². The van der Waals surface area contributed by atoms with Gasteiger partial charge in [-0.1, -0.05) is 17.3 Å². The molecule has 1 aliphatic rings. The van der Waals surface area contributed by atoms with Gasteiger partial charge in [0.1, 0.15) is 12.4 Å². The fraction of sp³-hybridized carbons (Fsp3) is 0.385. The van der Waals surface area contributed by atoms with Crippen molar-refractivity contribution in [3.05, 3.63) is 35.6 Å². The van der Waals surface area contributed by atoms with Crippen molar-refractivity contribution in [2.45, 2.75) is 12.3 Å². The fourth-order valence-electron chi connectivity index (χ4n) is 1.91. The number of rotatable bonds is 6. The second-order valence-electron chi connectivity index (χ2n) is 4.61. The van der Waals surface area contributed by atoms with E-state index in [1.807, 2.05) is 6.07 Å². The highest BCUT2D eigenvalue weighted by Gasteiger charge is 2.37. The molecule has 3 N–H and O–H groups in total. The quantitative estimate of drug-likeness (QED) is 0.360. The van der Waals surface area contributed by atoms with Crippen LogP contribution in [0.5, 0.6) is 0 Å². The first-order valence-corrected chi connectivity index (χ1v) is 6.24. The Hall–Kier alpha value is -2.15. The molecule has 6 nitrogen and oxygen atoms in total. The highest BCUT2D eigenvalue weighted by atomic mass is 19.1. The molecule has 0 bridgehead atoms. The zero-order chi connectivity index (χ0) is 14.5. The second kappa shape index (κ2) is 6.33. The maximum Gasteiger partial charge on any atom is 0.338 e. The maximum atomic E-state index is 13.1. The molecule has 0 aromatic heterocycles. The second-order valence-corrected chi connectivity index (χ2v) is 4.61. The lowest BCUT2D eigenvalue weighted by Gasteiger charge is -2.09. The van der Waals surface area contributed by atoms with Gasteiger partial charge in [-0.05, 0) is 30.0 Å². The minimum absolute atomic E-state index is 0.0489. The Morgan fingerprint density at radius 2 is 2.45 bits per heavy atom. The number of nitrogens with two attached hydrogens (primary N) is 1. The van der Waals surface area contributed by atoms with E-state index in [2.05, 4.69) is 5.16 Å². The summed E-state index contributed by atoms with van der Waals surface area (Å²) in [5, 5.41) is 13.1. The Morgan fingerprint density at radius 3 is 3.15 bits per heavy atom. The summed E-state index contributed by atoms with van der Waals surface area (Å²) in [6.45, 7) is -0.00203. The number of hydrogen-bond donors (Lipinski definition) is 2. The predicted octanol–water partition coefficient (Wildman–Crippen LogP) is 1.70. The molecule has 1 saturated carbocycles. The van der Waals surface area contributed by atoms with E-state index < -0.39 is 6.03 Å². The largest absolute Gasteiger partial charge is 0.394 e. The lowest BCUT2D eigenvalue weighted by molar-refractivity contribution is -0.0560. The van der Waals surface area contributed by atoms with Gasteiger partial charge in [-0.2, -0.15) is 0 Å². The average molecular weight is 281 g/mol. The van der Waals surface area contributed by atoms with E-state index in [9.17, 15) is 9.18 Å². The van der Waals surface area contributed by atoms with Crippen LogP contribution in [0.15, 0.2) is 29.4 Å². The van der Waals surface area contributed by atoms with Crippen molar-refractivity contribution >= 4 is 12.2 Å². The summed E-state index contributed by atoms with van der Waals surface area (Å²) in [7, 11) is 0. The molecule has 1 fully saturated rings. The van der Waals surface area contributed by atoms with Crippen LogP contribution in [0.4, 0.5) is 9.18 Å². The number of carbonyl (C=O) groups is 1. The molecule has 108 valence electrons. The molecule has 20 heavy (non-hydrogen) atoms. The number of primary amides is 1. The molecular weight excluding hydrogens is 265 g/mol. The van der Waals surface area contributed by atoms with Crippen molar-refractivity contribution in [2.75, 3.05) is 13.2 Å². The fourth-order valence-corrected chi connectivity index (χ4v) is 1.91. The third-order valence-electron chi connectivity index (χ3n) is 3.09. The monoisotopic (exact) mass is 281 g/mol. The number of urea groups is 1. The van der Waals surface area contributed by atoms with E-state index in [0.29, 0.717) is 5.06 Å². The normalized spacial score (nSPS) is 20.9. The number of amides is 2. The van der Waals surface area contributed by atoms with Gasteiger partial charge in [0, 0.05) is 12.1 Å². The van der Waals surface area contributed by atoms with Gasteiger partial charge in [0.25, 0.3) is 0 Å². The van der Waals surface area contributed by atoms with Gasteiger partial charge in [-0.3, -0.25) is 5.21 Å². The maximum absolute atomic E-state index is 13.1. The van der Waals surface area contributed by atoms with Gasteiger partial charge in [0.05, 0.1) is 6.54 Å². The van der Waals surface area contributed by atoms with Crippen molar-refractivity contribution < 1.29 is 19.2 Å². The molecule has 2 atom stereocenters. The molecule has 0 aliphatic heterocycles. The Bertz CT molecular complexity index is 509. The standard InChI is InChI=1S/C13H16FN3O3/c14-11-3-1-2-9(6-11)12-7-10(12)8-16-20-5-4-17(19)13(15)18/h1-3,6,8,10,12,19H,4-5,7H2,(H2,15,18)/b16-8+. The lowest BCUT2D eigenvalue weighted by Crippen LogP contribution is -2.34. The van der Waals surface area contributed by atoms with E-state index in [1.54, 1.807) is 12.3 Å². The van der Waals surface area contributed by atoms with Crippen LogP contribution in [-0.4, -0.2) is 35.7 Å². The Kier molecular flexibility index (Phi) is 4.52. The summed E-state index contributed by atoms with van der Waals surface area (Å²) in [6, 6.07) is 5.57. The van der Waals surface area contributed by atoms with Crippen LogP contribution < -0.4 is 5.73 Å². The smallest absolute Gasteiger partial charge is 0.338 e. The minimum atomic E-state index is -0.939. The zero-order valence-corrected chi connectivity index (χ0v) is 10.8. The third-order valence-corrected chi connectivity index (χ3v) is 3.09. The number of hydroxylamine groups is 2. The van der Waals surface area contributed by atoms with Crippen molar-refractivity contribution in [3.8, 4) is 0 Å². The Morgan fingerprint density at radius 1 is 1.65 bits per heavy atom. The summed E-state index contributed by atoms with van der Waals surface area (Å²) in [4.78, 5) is 15.4. The van der Waals surface area contributed by atoms with Crippen LogP contribution in [-0.2, 0) is 4.84 Å². The van der Waals surface area contributed by atoms with Gasteiger partial charge < -0.3 is 10.6 Å². The van der Waals surface area contributed by atoms with Crippen molar-refractivity contribution in [3.63, 3.8) is 0 Å². The first-order chi connectivity index (χ1) is 9.58. The van der Waals surface area contributed by atoms with Crippen LogP contribution in [0, 0.1) is 11.7 Å². The van der Waals surface area contributed by atoms with E-state index >= 15 is 0 Å². The molecule has 0 saturated heterocycles. The molecule has 7 heteroatoms. The summed E-state index contributed by atoms with van der Waals surface area (Å²) >= 11 is 0. The van der Waals surface area contributed by atoms with Crippen LogP contribution in [0.1, 0.15) is 17.9 Å². The average Bonchev–Trinajstić information content (AvgIpc) is 3.17. The number of halogens is 1. The molecule has 0 radical (unpaired) electrons. The Balaban J connectivity index is 1.69. The first-order valence-electron chi connectivity index (χ1n) is 6.24.